The Labute approximate surface area is 68.3 Å². The van der Waals surface area contributed by atoms with Crippen LogP contribution in [0, 0.1) is 5.92 Å². The monoisotopic (exact) mass is 155 g/mol. The molecule has 0 aromatic carbocycles. The molecule has 2 aliphatic rings. The van der Waals surface area contributed by atoms with E-state index >= 15 is 0 Å². The van der Waals surface area contributed by atoms with Crippen molar-refractivity contribution in [3.05, 3.63) is 0 Å². The van der Waals surface area contributed by atoms with E-state index in [9.17, 15) is 0 Å². The Morgan fingerprint density at radius 2 is 2.18 bits per heavy atom. The Balaban J connectivity index is 1.59. The maximum atomic E-state index is 5.09. The van der Waals surface area contributed by atoms with Gasteiger partial charge in [-0.05, 0) is 19.3 Å². The van der Waals surface area contributed by atoms with Crippen LogP contribution in [0.4, 0.5) is 0 Å². The first-order chi connectivity index (χ1) is 5.34. The molecule has 0 bridgehead atoms. The van der Waals surface area contributed by atoms with Crippen molar-refractivity contribution in [3.8, 4) is 0 Å². The van der Waals surface area contributed by atoms with Crippen LogP contribution in [0.2, 0.25) is 0 Å². The molecule has 1 saturated heterocycles. The standard InChI is InChI=1S/C9H17NO/c1-7(4-8-2-3-8)10-9-5-11-6-9/h7-10H,2-6H2,1H3. The predicted octanol–water partition coefficient (Wildman–Crippen LogP) is 1.16. The zero-order chi connectivity index (χ0) is 7.68. The molecule has 0 amide bonds. The first-order valence-electron chi connectivity index (χ1n) is 4.68. The zero-order valence-electron chi connectivity index (χ0n) is 7.18. The Morgan fingerprint density at radius 3 is 2.64 bits per heavy atom. The summed E-state index contributed by atoms with van der Waals surface area (Å²) in [6.45, 7) is 4.14. The van der Waals surface area contributed by atoms with Gasteiger partial charge < -0.3 is 10.1 Å². The SMILES string of the molecule is CC(CC1CC1)NC1COC1. The summed E-state index contributed by atoms with van der Waals surface area (Å²) in [6.07, 6.45) is 4.30. The highest BCUT2D eigenvalue weighted by Crippen LogP contribution is 2.33. The highest BCUT2D eigenvalue weighted by atomic mass is 16.5. The second-order valence-corrected chi connectivity index (χ2v) is 3.98. The van der Waals surface area contributed by atoms with Gasteiger partial charge in [-0.15, -0.1) is 0 Å². The summed E-state index contributed by atoms with van der Waals surface area (Å²) in [4.78, 5) is 0. The van der Waals surface area contributed by atoms with Crippen molar-refractivity contribution in [3.63, 3.8) is 0 Å². The van der Waals surface area contributed by atoms with Crippen molar-refractivity contribution in [1.82, 2.24) is 5.32 Å². The van der Waals surface area contributed by atoms with Gasteiger partial charge in [0.05, 0.1) is 19.3 Å². The predicted molar refractivity (Wildman–Crippen MR) is 44.5 cm³/mol. The summed E-state index contributed by atoms with van der Waals surface area (Å²) >= 11 is 0. The molecule has 0 radical (unpaired) electrons. The van der Waals surface area contributed by atoms with Crippen molar-refractivity contribution in [2.24, 2.45) is 5.92 Å². The van der Waals surface area contributed by atoms with Crippen LogP contribution in [-0.4, -0.2) is 25.3 Å². The van der Waals surface area contributed by atoms with Crippen molar-refractivity contribution < 1.29 is 4.74 Å². The molecule has 2 heteroatoms. The summed E-state index contributed by atoms with van der Waals surface area (Å²) in [7, 11) is 0. The molecular formula is C9H17NO. The maximum absolute atomic E-state index is 5.09. The first-order valence-corrected chi connectivity index (χ1v) is 4.68. The van der Waals surface area contributed by atoms with E-state index < -0.39 is 0 Å². The smallest absolute Gasteiger partial charge is 0.0643 e. The average Bonchev–Trinajstić information content (AvgIpc) is 2.62. The fourth-order valence-electron chi connectivity index (χ4n) is 1.66. The molecule has 1 aliphatic heterocycles. The van der Waals surface area contributed by atoms with Crippen LogP contribution in [0.1, 0.15) is 26.2 Å². The van der Waals surface area contributed by atoms with Crippen LogP contribution in [-0.2, 0) is 4.74 Å². The maximum Gasteiger partial charge on any atom is 0.0643 e. The van der Waals surface area contributed by atoms with Gasteiger partial charge >= 0.3 is 0 Å². The minimum absolute atomic E-state index is 0.656. The van der Waals surface area contributed by atoms with Crippen molar-refractivity contribution in [2.75, 3.05) is 13.2 Å². The van der Waals surface area contributed by atoms with E-state index in [1.807, 2.05) is 0 Å². The van der Waals surface area contributed by atoms with Crippen LogP contribution >= 0.6 is 0 Å². The van der Waals surface area contributed by atoms with E-state index in [4.69, 9.17) is 4.74 Å². The molecule has 1 aliphatic carbocycles. The van der Waals surface area contributed by atoms with Gasteiger partial charge in [0.15, 0.2) is 0 Å². The second-order valence-electron chi connectivity index (χ2n) is 3.98. The van der Waals surface area contributed by atoms with Gasteiger partial charge in [0.2, 0.25) is 0 Å². The van der Waals surface area contributed by atoms with Crippen LogP contribution in [0.15, 0.2) is 0 Å². The third kappa shape index (κ3) is 2.17. The number of ether oxygens (including phenoxy) is 1. The highest BCUT2D eigenvalue weighted by Gasteiger charge is 2.26. The van der Waals surface area contributed by atoms with Crippen LogP contribution in [0.5, 0.6) is 0 Å². The zero-order valence-corrected chi connectivity index (χ0v) is 7.18. The molecular weight excluding hydrogens is 138 g/mol. The number of hydrogen-bond donors (Lipinski definition) is 1. The lowest BCUT2D eigenvalue weighted by atomic mass is 10.1. The molecule has 2 fully saturated rings. The fourth-order valence-corrected chi connectivity index (χ4v) is 1.66. The molecule has 2 rings (SSSR count). The van der Waals surface area contributed by atoms with E-state index in [1.165, 1.54) is 19.3 Å². The number of rotatable bonds is 4. The molecule has 1 heterocycles. The molecule has 0 spiro atoms. The lowest BCUT2D eigenvalue weighted by molar-refractivity contribution is -0.00972. The molecule has 1 saturated carbocycles. The molecule has 64 valence electrons. The van der Waals surface area contributed by atoms with Gasteiger partial charge in [-0.25, -0.2) is 0 Å². The Hall–Kier alpha value is -0.0800. The highest BCUT2D eigenvalue weighted by molar-refractivity contribution is 4.82. The van der Waals surface area contributed by atoms with E-state index in [2.05, 4.69) is 12.2 Å². The summed E-state index contributed by atoms with van der Waals surface area (Å²) in [6, 6.07) is 1.36. The summed E-state index contributed by atoms with van der Waals surface area (Å²) < 4.78 is 5.09. The van der Waals surface area contributed by atoms with Crippen LogP contribution in [0.25, 0.3) is 0 Å². The average molecular weight is 155 g/mol. The summed E-state index contributed by atoms with van der Waals surface area (Å²) in [5.41, 5.74) is 0. The Kier molecular flexibility index (Phi) is 2.14. The Morgan fingerprint density at radius 1 is 1.45 bits per heavy atom. The van der Waals surface area contributed by atoms with E-state index in [0.29, 0.717) is 12.1 Å². The normalized spacial score (nSPS) is 28.1. The molecule has 2 nitrogen and oxygen atoms in total. The van der Waals surface area contributed by atoms with E-state index in [0.717, 1.165) is 19.1 Å². The quantitative estimate of drug-likeness (QED) is 0.658. The van der Waals surface area contributed by atoms with Crippen LogP contribution in [0.3, 0.4) is 0 Å². The number of nitrogens with one attached hydrogen (secondary N) is 1. The minimum atomic E-state index is 0.656. The molecule has 0 aromatic rings. The molecule has 0 aromatic heterocycles. The van der Waals surface area contributed by atoms with Crippen molar-refractivity contribution in [1.29, 1.82) is 0 Å². The number of hydrogen-bond acceptors (Lipinski definition) is 2. The molecule has 1 N–H and O–H groups in total. The van der Waals surface area contributed by atoms with Crippen molar-refractivity contribution in [2.45, 2.75) is 38.3 Å². The molecule has 11 heavy (non-hydrogen) atoms. The lowest BCUT2D eigenvalue weighted by Gasteiger charge is -2.30. The molecule has 1 atom stereocenters. The minimum Gasteiger partial charge on any atom is -0.378 e. The second kappa shape index (κ2) is 3.11. The van der Waals surface area contributed by atoms with Gasteiger partial charge in [-0.3, -0.25) is 0 Å². The Bertz CT molecular complexity index is 130. The van der Waals surface area contributed by atoms with E-state index in [-0.39, 0.29) is 0 Å². The van der Waals surface area contributed by atoms with Crippen LogP contribution < -0.4 is 5.32 Å². The third-order valence-electron chi connectivity index (χ3n) is 2.54. The van der Waals surface area contributed by atoms with E-state index in [1.54, 1.807) is 0 Å². The summed E-state index contributed by atoms with van der Waals surface area (Å²) in [5, 5.41) is 3.56. The van der Waals surface area contributed by atoms with Gasteiger partial charge in [-0.1, -0.05) is 12.8 Å². The van der Waals surface area contributed by atoms with Gasteiger partial charge in [0.25, 0.3) is 0 Å². The largest absolute Gasteiger partial charge is 0.378 e. The van der Waals surface area contributed by atoms with Crippen molar-refractivity contribution >= 4 is 0 Å². The summed E-state index contributed by atoms with van der Waals surface area (Å²) in [5.74, 6) is 1.04. The lowest BCUT2D eigenvalue weighted by Crippen LogP contribution is -2.49. The molecule has 1 unspecified atom stereocenters. The van der Waals surface area contributed by atoms with Gasteiger partial charge in [-0.2, -0.15) is 0 Å². The topological polar surface area (TPSA) is 21.3 Å². The van der Waals surface area contributed by atoms with Gasteiger partial charge in [0.1, 0.15) is 0 Å². The first kappa shape index (κ1) is 7.56. The third-order valence-corrected chi connectivity index (χ3v) is 2.54. The fraction of sp³-hybridized carbons (Fsp3) is 1.00. The van der Waals surface area contributed by atoms with Gasteiger partial charge in [0, 0.05) is 6.04 Å².